The summed E-state index contributed by atoms with van der Waals surface area (Å²) in [5.41, 5.74) is -0.406. The van der Waals surface area contributed by atoms with E-state index in [9.17, 15) is 13.6 Å². The molecule has 0 radical (unpaired) electrons. The highest BCUT2D eigenvalue weighted by atomic mass is 19.1. The lowest BCUT2D eigenvalue weighted by molar-refractivity contribution is 0.146. The lowest BCUT2D eigenvalue weighted by Crippen LogP contribution is -2.36. The Morgan fingerprint density at radius 3 is 2.71 bits per heavy atom. The summed E-state index contributed by atoms with van der Waals surface area (Å²) < 4.78 is 31.1. The first kappa shape index (κ1) is 11.8. The minimum Gasteiger partial charge on any atom is -0.450 e. The molecule has 1 fully saturated rings. The maximum Gasteiger partial charge on any atom is 0.407 e. The molecule has 0 aliphatic heterocycles. The monoisotopic (exact) mass is 241 g/mol. The molecule has 0 unspecified atom stereocenters. The van der Waals surface area contributed by atoms with Crippen LogP contribution in [0.15, 0.2) is 18.2 Å². The molecule has 17 heavy (non-hydrogen) atoms. The number of alkyl carbamates (subject to hydrolysis) is 1. The quantitative estimate of drug-likeness (QED) is 0.883. The van der Waals surface area contributed by atoms with E-state index in [1.807, 2.05) is 0 Å². The molecule has 1 aliphatic rings. The molecule has 92 valence electrons. The van der Waals surface area contributed by atoms with Crippen LogP contribution >= 0.6 is 0 Å². The molecule has 0 aromatic heterocycles. The fourth-order valence-corrected chi connectivity index (χ4v) is 1.83. The summed E-state index contributed by atoms with van der Waals surface area (Å²) in [6.45, 7) is 1.95. The standard InChI is InChI=1S/C12H13F2NO2/c1-2-17-11(16)15-12(5-6-12)9-4-3-8(13)7-10(9)14/h3-4,7H,2,5-6H2,1H3,(H,15,16). The number of halogens is 2. The average Bonchev–Trinajstić information content (AvgIpc) is 2.98. The van der Waals surface area contributed by atoms with Gasteiger partial charge in [0.1, 0.15) is 11.6 Å². The van der Waals surface area contributed by atoms with E-state index in [1.54, 1.807) is 6.92 Å². The Balaban J connectivity index is 2.18. The van der Waals surface area contributed by atoms with Crippen LogP contribution in [0.3, 0.4) is 0 Å². The Morgan fingerprint density at radius 2 is 2.18 bits per heavy atom. The molecule has 5 heteroatoms. The Bertz CT molecular complexity index is 444. The van der Waals surface area contributed by atoms with E-state index >= 15 is 0 Å². The second kappa shape index (κ2) is 4.31. The van der Waals surface area contributed by atoms with Crippen LogP contribution in [0.4, 0.5) is 13.6 Å². The highest BCUT2D eigenvalue weighted by Gasteiger charge is 2.47. The van der Waals surface area contributed by atoms with Crippen LogP contribution in [0.2, 0.25) is 0 Å². The fraction of sp³-hybridized carbons (Fsp3) is 0.417. The van der Waals surface area contributed by atoms with E-state index in [0.29, 0.717) is 18.4 Å². The van der Waals surface area contributed by atoms with Gasteiger partial charge in [0.2, 0.25) is 0 Å². The van der Waals surface area contributed by atoms with Gasteiger partial charge in [-0.3, -0.25) is 0 Å². The van der Waals surface area contributed by atoms with E-state index in [0.717, 1.165) is 6.07 Å². The Hall–Kier alpha value is -1.65. The minimum atomic E-state index is -0.718. The predicted molar refractivity (Wildman–Crippen MR) is 57.4 cm³/mol. The summed E-state index contributed by atoms with van der Waals surface area (Å²) in [6.07, 6.45) is 0.691. The molecule has 1 amide bonds. The Kier molecular flexibility index (Phi) is 3.00. The van der Waals surface area contributed by atoms with Crippen molar-refractivity contribution in [2.75, 3.05) is 6.61 Å². The molecule has 2 rings (SSSR count). The molecule has 0 bridgehead atoms. The third-order valence-electron chi connectivity index (χ3n) is 2.81. The summed E-state index contributed by atoms with van der Waals surface area (Å²) >= 11 is 0. The third kappa shape index (κ3) is 2.38. The molecule has 0 atom stereocenters. The summed E-state index contributed by atoms with van der Waals surface area (Å²) in [7, 11) is 0. The van der Waals surface area contributed by atoms with Crippen LogP contribution in [0, 0.1) is 11.6 Å². The van der Waals surface area contributed by atoms with Crippen LogP contribution in [-0.4, -0.2) is 12.7 Å². The maximum atomic E-state index is 13.6. The number of benzene rings is 1. The SMILES string of the molecule is CCOC(=O)NC1(c2ccc(F)cc2F)CC1. The van der Waals surface area contributed by atoms with Gasteiger partial charge in [-0.2, -0.15) is 0 Å². The van der Waals surface area contributed by atoms with Gasteiger partial charge in [-0.25, -0.2) is 13.6 Å². The van der Waals surface area contributed by atoms with E-state index in [4.69, 9.17) is 4.74 Å². The number of carbonyl (C=O) groups is 1. The average molecular weight is 241 g/mol. The van der Waals surface area contributed by atoms with Crippen LogP contribution in [-0.2, 0) is 10.3 Å². The molecule has 1 aromatic carbocycles. The fourth-order valence-electron chi connectivity index (χ4n) is 1.83. The molecular weight excluding hydrogens is 228 g/mol. The molecular formula is C12H13F2NO2. The largest absolute Gasteiger partial charge is 0.450 e. The van der Waals surface area contributed by atoms with Crippen molar-refractivity contribution in [3.8, 4) is 0 Å². The Labute approximate surface area is 97.8 Å². The molecule has 1 aliphatic carbocycles. The van der Waals surface area contributed by atoms with Crippen LogP contribution in [0.25, 0.3) is 0 Å². The second-order valence-electron chi connectivity index (χ2n) is 4.05. The van der Waals surface area contributed by atoms with Gasteiger partial charge in [0.05, 0.1) is 12.1 Å². The molecule has 1 saturated carbocycles. The molecule has 1 N–H and O–H groups in total. The van der Waals surface area contributed by atoms with Crippen molar-refractivity contribution in [2.24, 2.45) is 0 Å². The Morgan fingerprint density at radius 1 is 1.47 bits per heavy atom. The minimum absolute atomic E-state index is 0.258. The summed E-state index contributed by atoms with van der Waals surface area (Å²) in [6, 6.07) is 3.37. The van der Waals surface area contributed by atoms with Gasteiger partial charge in [0, 0.05) is 11.6 Å². The lowest BCUT2D eigenvalue weighted by atomic mass is 10.0. The zero-order chi connectivity index (χ0) is 12.5. The van der Waals surface area contributed by atoms with Crippen molar-refractivity contribution in [1.82, 2.24) is 5.32 Å². The number of carbonyl (C=O) groups excluding carboxylic acids is 1. The summed E-state index contributed by atoms with van der Waals surface area (Å²) in [5, 5.41) is 2.62. The lowest BCUT2D eigenvalue weighted by Gasteiger charge is -2.18. The zero-order valence-corrected chi connectivity index (χ0v) is 9.43. The molecule has 0 saturated heterocycles. The van der Waals surface area contributed by atoms with Gasteiger partial charge in [0.25, 0.3) is 0 Å². The van der Waals surface area contributed by atoms with Crippen LogP contribution in [0.5, 0.6) is 0 Å². The van der Waals surface area contributed by atoms with Gasteiger partial charge in [0.15, 0.2) is 0 Å². The summed E-state index contributed by atoms with van der Waals surface area (Å²) in [5.74, 6) is -1.27. The normalized spacial score (nSPS) is 16.4. The van der Waals surface area contributed by atoms with E-state index in [1.165, 1.54) is 12.1 Å². The number of ether oxygens (including phenoxy) is 1. The van der Waals surface area contributed by atoms with Crippen molar-refractivity contribution >= 4 is 6.09 Å². The number of nitrogens with one attached hydrogen (secondary N) is 1. The third-order valence-corrected chi connectivity index (χ3v) is 2.81. The van der Waals surface area contributed by atoms with Gasteiger partial charge in [-0.05, 0) is 25.8 Å². The highest BCUT2D eigenvalue weighted by molar-refractivity contribution is 5.69. The number of amides is 1. The number of hydrogen-bond acceptors (Lipinski definition) is 2. The molecule has 0 heterocycles. The molecule has 3 nitrogen and oxygen atoms in total. The van der Waals surface area contributed by atoms with Crippen molar-refractivity contribution in [3.05, 3.63) is 35.4 Å². The van der Waals surface area contributed by atoms with Crippen molar-refractivity contribution in [1.29, 1.82) is 0 Å². The first-order valence-electron chi connectivity index (χ1n) is 5.48. The van der Waals surface area contributed by atoms with Crippen LogP contribution < -0.4 is 5.32 Å². The van der Waals surface area contributed by atoms with Gasteiger partial charge < -0.3 is 10.1 Å². The maximum absolute atomic E-state index is 13.6. The second-order valence-corrected chi connectivity index (χ2v) is 4.05. The van der Waals surface area contributed by atoms with E-state index in [-0.39, 0.29) is 6.61 Å². The van der Waals surface area contributed by atoms with E-state index in [2.05, 4.69) is 5.32 Å². The van der Waals surface area contributed by atoms with Gasteiger partial charge >= 0.3 is 6.09 Å². The number of rotatable bonds is 3. The smallest absolute Gasteiger partial charge is 0.407 e. The zero-order valence-electron chi connectivity index (χ0n) is 9.43. The summed E-state index contributed by atoms with van der Waals surface area (Å²) in [4.78, 5) is 11.3. The van der Waals surface area contributed by atoms with Crippen molar-refractivity contribution in [2.45, 2.75) is 25.3 Å². The molecule has 0 spiro atoms. The van der Waals surface area contributed by atoms with Gasteiger partial charge in [-0.15, -0.1) is 0 Å². The van der Waals surface area contributed by atoms with Crippen molar-refractivity contribution < 1.29 is 18.3 Å². The number of hydrogen-bond donors (Lipinski definition) is 1. The first-order valence-corrected chi connectivity index (χ1v) is 5.48. The van der Waals surface area contributed by atoms with Gasteiger partial charge in [-0.1, -0.05) is 6.07 Å². The molecule has 1 aromatic rings. The predicted octanol–water partition coefficient (Wildman–Crippen LogP) is 2.70. The first-order chi connectivity index (χ1) is 8.07. The highest BCUT2D eigenvalue weighted by Crippen LogP contribution is 2.46. The topological polar surface area (TPSA) is 38.3 Å². The van der Waals surface area contributed by atoms with Crippen LogP contribution in [0.1, 0.15) is 25.3 Å². The van der Waals surface area contributed by atoms with E-state index < -0.39 is 23.3 Å². The van der Waals surface area contributed by atoms with Crippen molar-refractivity contribution in [3.63, 3.8) is 0 Å².